The Hall–Kier alpha value is -0.790. The van der Waals surface area contributed by atoms with E-state index in [0.29, 0.717) is 5.76 Å². The fraction of sp³-hybridized carbons (Fsp3) is 0.833. The molecule has 0 aromatic rings. The molecule has 116 valence electrons. The summed E-state index contributed by atoms with van der Waals surface area (Å²) in [4.78, 5) is 13.0. The number of hydrogen-bond acceptors (Lipinski definition) is 2. The van der Waals surface area contributed by atoms with Crippen molar-refractivity contribution in [2.24, 2.45) is 16.7 Å². The van der Waals surface area contributed by atoms with Gasteiger partial charge in [0.05, 0.1) is 0 Å². The summed E-state index contributed by atoms with van der Waals surface area (Å²) in [5, 5.41) is 10.8. The van der Waals surface area contributed by atoms with E-state index in [4.69, 9.17) is 0 Å². The number of hydrogen-bond donors (Lipinski definition) is 1. The first kappa shape index (κ1) is 17.3. The number of Topliss-reactive ketones (excluding diaryl/α,β-unsaturated/α-hetero) is 1. The maximum Gasteiger partial charge on any atom is 0.168 e. The van der Waals surface area contributed by atoms with E-state index in [0.717, 1.165) is 31.3 Å². The Balaban J connectivity index is 3.29. The topological polar surface area (TPSA) is 37.3 Å². The Bertz CT molecular complexity index is 382. The average Bonchev–Trinajstić information content (AvgIpc) is 2.92. The molecule has 2 heteroatoms. The molecule has 0 radical (unpaired) electrons. The van der Waals surface area contributed by atoms with Crippen LogP contribution in [0.1, 0.15) is 80.1 Å². The van der Waals surface area contributed by atoms with Gasteiger partial charge in [-0.1, -0.05) is 54.4 Å². The number of carbonyl (C=O) groups is 1. The van der Waals surface area contributed by atoms with Gasteiger partial charge in [0.15, 0.2) is 5.78 Å². The lowest BCUT2D eigenvalue weighted by molar-refractivity contribution is -0.124. The van der Waals surface area contributed by atoms with E-state index in [1.165, 1.54) is 12.8 Å². The molecule has 1 aliphatic rings. The third kappa shape index (κ3) is 3.45. The van der Waals surface area contributed by atoms with Gasteiger partial charge in [-0.25, -0.2) is 0 Å². The number of aliphatic hydroxyl groups is 1. The van der Waals surface area contributed by atoms with Crippen molar-refractivity contribution < 1.29 is 9.90 Å². The second kappa shape index (κ2) is 6.32. The molecular weight excluding hydrogens is 248 g/mol. The molecule has 0 aliphatic heterocycles. The Morgan fingerprint density at radius 3 is 1.85 bits per heavy atom. The number of carbonyl (C=O) groups excluding carboxylic acids is 1. The highest BCUT2D eigenvalue weighted by atomic mass is 16.3. The molecule has 0 saturated heterocycles. The minimum atomic E-state index is -0.379. The molecule has 1 fully saturated rings. The van der Waals surface area contributed by atoms with Crippen LogP contribution in [0.25, 0.3) is 0 Å². The van der Waals surface area contributed by atoms with Crippen LogP contribution in [0, 0.1) is 16.7 Å². The monoisotopic (exact) mass is 280 g/mol. The molecule has 0 spiro atoms. The lowest BCUT2D eigenvalue weighted by Crippen LogP contribution is -2.31. The van der Waals surface area contributed by atoms with Gasteiger partial charge in [-0.05, 0) is 31.6 Å². The van der Waals surface area contributed by atoms with Crippen molar-refractivity contribution in [3.05, 3.63) is 11.3 Å². The first-order valence-corrected chi connectivity index (χ1v) is 8.15. The maximum atomic E-state index is 13.0. The van der Waals surface area contributed by atoms with Crippen LogP contribution in [-0.2, 0) is 4.79 Å². The van der Waals surface area contributed by atoms with E-state index < -0.39 is 0 Å². The third-order valence-corrected chi connectivity index (χ3v) is 5.29. The van der Waals surface area contributed by atoms with Crippen LogP contribution in [0.15, 0.2) is 11.3 Å². The van der Waals surface area contributed by atoms with E-state index in [9.17, 15) is 9.90 Å². The van der Waals surface area contributed by atoms with Crippen molar-refractivity contribution in [2.45, 2.75) is 80.1 Å². The zero-order chi connectivity index (χ0) is 15.6. The minimum Gasteiger partial charge on any atom is -0.511 e. The highest BCUT2D eigenvalue weighted by Crippen LogP contribution is 2.42. The first-order chi connectivity index (χ1) is 9.17. The molecule has 0 aromatic heterocycles. The lowest BCUT2D eigenvalue weighted by atomic mass is 9.73. The molecule has 1 rings (SSSR count). The Morgan fingerprint density at radius 1 is 1.00 bits per heavy atom. The quantitative estimate of drug-likeness (QED) is 0.520. The fourth-order valence-corrected chi connectivity index (χ4v) is 2.76. The zero-order valence-electron chi connectivity index (χ0n) is 14.2. The molecule has 20 heavy (non-hydrogen) atoms. The van der Waals surface area contributed by atoms with E-state index >= 15 is 0 Å². The highest BCUT2D eigenvalue weighted by Gasteiger charge is 2.38. The van der Waals surface area contributed by atoms with Crippen molar-refractivity contribution in [3.8, 4) is 0 Å². The van der Waals surface area contributed by atoms with Crippen molar-refractivity contribution in [1.82, 2.24) is 0 Å². The Kier molecular flexibility index (Phi) is 5.46. The molecule has 0 atom stereocenters. The number of rotatable bonds is 6. The number of allylic oxidation sites excluding steroid dienone is 2. The van der Waals surface area contributed by atoms with Gasteiger partial charge in [0.1, 0.15) is 5.76 Å². The maximum absolute atomic E-state index is 13.0. The normalized spacial score (nSPS) is 19.1. The van der Waals surface area contributed by atoms with Crippen LogP contribution in [0.4, 0.5) is 0 Å². The molecule has 0 unspecified atom stereocenters. The van der Waals surface area contributed by atoms with E-state index in [1.54, 1.807) is 0 Å². The summed E-state index contributed by atoms with van der Waals surface area (Å²) in [7, 11) is 0. The summed E-state index contributed by atoms with van der Waals surface area (Å²) in [6.45, 7) is 12.2. The summed E-state index contributed by atoms with van der Waals surface area (Å²) >= 11 is 0. The second-order valence-electron chi connectivity index (χ2n) is 7.55. The predicted molar refractivity (Wildman–Crippen MR) is 84.8 cm³/mol. The van der Waals surface area contributed by atoms with E-state index in [1.807, 2.05) is 34.6 Å². The van der Waals surface area contributed by atoms with Crippen molar-refractivity contribution >= 4 is 5.78 Å². The summed E-state index contributed by atoms with van der Waals surface area (Å²) in [5.41, 5.74) is 0.0499. The molecule has 1 N–H and O–H groups in total. The number of ketones is 1. The lowest BCUT2D eigenvalue weighted by Gasteiger charge is -2.31. The molecule has 0 aromatic carbocycles. The predicted octanol–water partition coefficient (Wildman–Crippen LogP) is 5.43. The summed E-state index contributed by atoms with van der Waals surface area (Å²) in [6, 6.07) is 0. The SMILES string of the molecule is CCC(C)(C)C(=O)/C(=C(\O)C(C)(C)CC)C1CCCC1. The molecule has 0 bridgehead atoms. The van der Waals surface area contributed by atoms with Crippen LogP contribution in [0.3, 0.4) is 0 Å². The largest absolute Gasteiger partial charge is 0.511 e. The molecule has 1 aliphatic carbocycles. The van der Waals surface area contributed by atoms with Gasteiger partial charge < -0.3 is 5.11 Å². The van der Waals surface area contributed by atoms with Gasteiger partial charge in [-0.2, -0.15) is 0 Å². The Labute approximate surface area is 124 Å². The van der Waals surface area contributed by atoms with Gasteiger partial charge in [-0.15, -0.1) is 0 Å². The molecule has 2 nitrogen and oxygen atoms in total. The van der Waals surface area contributed by atoms with Gasteiger partial charge in [0, 0.05) is 16.4 Å². The molecule has 0 heterocycles. The minimum absolute atomic E-state index is 0.158. The number of aliphatic hydroxyl groups excluding tert-OH is 1. The van der Waals surface area contributed by atoms with Crippen LogP contribution < -0.4 is 0 Å². The van der Waals surface area contributed by atoms with E-state index in [2.05, 4.69) is 6.92 Å². The van der Waals surface area contributed by atoms with Crippen molar-refractivity contribution in [2.75, 3.05) is 0 Å². The molecular formula is C18H32O2. The summed E-state index contributed by atoms with van der Waals surface area (Å²) in [5.74, 6) is 0.767. The van der Waals surface area contributed by atoms with Crippen LogP contribution in [0.2, 0.25) is 0 Å². The molecule has 1 saturated carbocycles. The molecule has 0 amide bonds. The highest BCUT2D eigenvalue weighted by molar-refractivity contribution is 6.00. The summed E-state index contributed by atoms with van der Waals surface area (Å²) in [6.07, 6.45) is 6.09. The summed E-state index contributed by atoms with van der Waals surface area (Å²) < 4.78 is 0. The Morgan fingerprint density at radius 2 is 1.45 bits per heavy atom. The second-order valence-corrected chi connectivity index (χ2v) is 7.55. The van der Waals surface area contributed by atoms with E-state index in [-0.39, 0.29) is 22.5 Å². The standard InChI is InChI=1S/C18H32O2/c1-7-17(3,4)15(19)14(13-11-9-10-12-13)16(20)18(5,6)8-2/h13,19H,7-12H2,1-6H3/b15-14-. The fourth-order valence-electron chi connectivity index (χ4n) is 2.76. The zero-order valence-corrected chi connectivity index (χ0v) is 14.2. The van der Waals surface area contributed by atoms with Gasteiger partial charge in [-0.3, -0.25) is 4.79 Å². The van der Waals surface area contributed by atoms with Gasteiger partial charge in [0.2, 0.25) is 0 Å². The van der Waals surface area contributed by atoms with Crippen LogP contribution >= 0.6 is 0 Å². The van der Waals surface area contributed by atoms with Crippen LogP contribution in [-0.4, -0.2) is 10.9 Å². The smallest absolute Gasteiger partial charge is 0.168 e. The first-order valence-electron chi connectivity index (χ1n) is 8.15. The average molecular weight is 280 g/mol. The van der Waals surface area contributed by atoms with Gasteiger partial charge in [0.25, 0.3) is 0 Å². The van der Waals surface area contributed by atoms with Gasteiger partial charge >= 0.3 is 0 Å². The van der Waals surface area contributed by atoms with Crippen molar-refractivity contribution in [1.29, 1.82) is 0 Å². The van der Waals surface area contributed by atoms with Crippen LogP contribution in [0.5, 0.6) is 0 Å². The third-order valence-electron chi connectivity index (χ3n) is 5.29. The van der Waals surface area contributed by atoms with Crippen molar-refractivity contribution in [3.63, 3.8) is 0 Å².